The number of carbonyl (C=O) groups is 1. The molecule has 0 spiro atoms. The maximum atomic E-state index is 12.3. The number of likely N-dealkylation sites (tertiary alicyclic amines) is 1. The third kappa shape index (κ3) is 4.95. The molecule has 0 bridgehead atoms. The van der Waals surface area contributed by atoms with E-state index in [4.69, 9.17) is 0 Å². The number of aryl methyl sites for hydroxylation is 1. The Morgan fingerprint density at radius 2 is 1.79 bits per heavy atom. The summed E-state index contributed by atoms with van der Waals surface area (Å²) in [7, 11) is 0. The Kier molecular flexibility index (Phi) is 6.10. The number of piperidine rings is 1. The standard InChI is InChI=1S/C23H29N5O/c1-18-25-21-9-5-6-10-22(21)28(18)16-13-24-23(29)26-20-11-14-27(15-12-20)17-19-7-3-2-4-8-19/h2-10,20H,11-17H2,1H3,(H2,24,26,29). The van der Waals surface area contributed by atoms with Gasteiger partial charge in [-0.05, 0) is 37.5 Å². The quantitative estimate of drug-likeness (QED) is 0.678. The monoisotopic (exact) mass is 391 g/mol. The molecule has 0 radical (unpaired) electrons. The number of nitrogens with one attached hydrogen (secondary N) is 2. The second kappa shape index (κ2) is 9.09. The largest absolute Gasteiger partial charge is 0.336 e. The summed E-state index contributed by atoms with van der Waals surface area (Å²) < 4.78 is 2.15. The Balaban J connectivity index is 1.19. The predicted molar refractivity (Wildman–Crippen MR) is 116 cm³/mol. The van der Waals surface area contributed by atoms with Crippen LogP contribution in [0.5, 0.6) is 0 Å². The number of fused-ring (bicyclic) bond motifs is 1. The lowest BCUT2D eigenvalue weighted by Crippen LogP contribution is -2.48. The molecule has 29 heavy (non-hydrogen) atoms. The molecule has 6 nitrogen and oxygen atoms in total. The lowest BCUT2D eigenvalue weighted by atomic mass is 10.0. The normalized spacial score (nSPS) is 15.5. The van der Waals surface area contributed by atoms with Gasteiger partial charge < -0.3 is 15.2 Å². The van der Waals surface area contributed by atoms with Crippen molar-refractivity contribution in [1.82, 2.24) is 25.1 Å². The number of benzene rings is 2. The minimum atomic E-state index is -0.0754. The van der Waals surface area contributed by atoms with Crippen LogP contribution in [0.4, 0.5) is 4.79 Å². The number of hydrogen-bond donors (Lipinski definition) is 2. The van der Waals surface area contributed by atoms with Crippen molar-refractivity contribution in [3.63, 3.8) is 0 Å². The number of amides is 2. The summed E-state index contributed by atoms with van der Waals surface area (Å²) in [6.07, 6.45) is 1.98. The summed E-state index contributed by atoms with van der Waals surface area (Å²) in [6.45, 7) is 6.32. The van der Waals surface area contributed by atoms with E-state index in [2.05, 4.69) is 61.5 Å². The van der Waals surface area contributed by atoms with Gasteiger partial charge in [0.25, 0.3) is 0 Å². The van der Waals surface area contributed by atoms with Crippen LogP contribution in [0.1, 0.15) is 24.2 Å². The molecule has 0 atom stereocenters. The van der Waals surface area contributed by atoms with E-state index in [0.717, 1.165) is 55.9 Å². The fraction of sp³-hybridized carbons (Fsp3) is 0.391. The van der Waals surface area contributed by atoms with E-state index in [1.54, 1.807) is 0 Å². The summed E-state index contributed by atoms with van der Waals surface area (Å²) in [4.78, 5) is 19.3. The molecular weight excluding hydrogens is 362 g/mol. The summed E-state index contributed by atoms with van der Waals surface area (Å²) in [6, 6.07) is 18.8. The lowest BCUT2D eigenvalue weighted by Gasteiger charge is -2.32. The van der Waals surface area contributed by atoms with Gasteiger partial charge in [-0.3, -0.25) is 4.90 Å². The average Bonchev–Trinajstić information content (AvgIpc) is 3.06. The minimum absolute atomic E-state index is 0.0754. The smallest absolute Gasteiger partial charge is 0.315 e. The first-order valence-electron chi connectivity index (χ1n) is 10.4. The molecule has 6 heteroatoms. The molecule has 1 saturated heterocycles. The van der Waals surface area contributed by atoms with Gasteiger partial charge in [0, 0.05) is 38.8 Å². The molecule has 0 aliphatic carbocycles. The zero-order chi connectivity index (χ0) is 20.1. The third-order valence-corrected chi connectivity index (χ3v) is 5.64. The number of para-hydroxylation sites is 2. The van der Waals surface area contributed by atoms with Crippen LogP contribution in [-0.4, -0.2) is 46.2 Å². The van der Waals surface area contributed by atoms with Crippen LogP contribution in [0.3, 0.4) is 0 Å². The third-order valence-electron chi connectivity index (χ3n) is 5.64. The summed E-state index contributed by atoms with van der Waals surface area (Å²) in [5.41, 5.74) is 3.45. The van der Waals surface area contributed by atoms with Crippen LogP contribution in [0.25, 0.3) is 11.0 Å². The summed E-state index contributed by atoms with van der Waals surface area (Å²) >= 11 is 0. The molecule has 1 aliphatic heterocycles. The molecule has 4 rings (SSSR count). The van der Waals surface area contributed by atoms with E-state index in [-0.39, 0.29) is 12.1 Å². The van der Waals surface area contributed by atoms with Crippen molar-refractivity contribution in [2.75, 3.05) is 19.6 Å². The Morgan fingerprint density at radius 1 is 1.07 bits per heavy atom. The van der Waals surface area contributed by atoms with Gasteiger partial charge in [0.15, 0.2) is 0 Å². The Labute approximate surface area is 171 Å². The molecule has 1 fully saturated rings. The Bertz CT molecular complexity index is 944. The molecule has 0 saturated carbocycles. The zero-order valence-corrected chi connectivity index (χ0v) is 17.0. The first-order valence-corrected chi connectivity index (χ1v) is 10.4. The van der Waals surface area contributed by atoms with Gasteiger partial charge in [-0.25, -0.2) is 9.78 Å². The van der Waals surface area contributed by atoms with Crippen molar-refractivity contribution in [1.29, 1.82) is 0 Å². The van der Waals surface area contributed by atoms with Crippen LogP contribution in [0.15, 0.2) is 54.6 Å². The highest BCUT2D eigenvalue weighted by Crippen LogP contribution is 2.15. The molecule has 0 unspecified atom stereocenters. The van der Waals surface area contributed by atoms with Crippen molar-refractivity contribution >= 4 is 17.1 Å². The van der Waals surface area contributed by atoms with Crippen LogP contribution < -0.4 is 10.6 Å². The molecule has 152 valence electrons. The first-order chi connectivity index (χ1) is 14.2. The molecule has 2 amide bonds. The highest BCUT2D eigenvalue weighted by Gasteiger charge is 2.20. The second-order valence-electron chi connectivity index (χ2n) is 7.74. The zero-order valence-electron chi connectivity index (χ0n) is 17.0. The van der Waals surface area contributed by atoms with Gasteiger partial charge in [-0.1, -0.05) is 42.5 Å². The Hall–Kier alpha value is -2.86. The second-order valence-corrected chi connectivity index (χ2v) is 7.74. The highest BCUT2D eigenvalue weighted by atomic mass is 16.2. The number of carbonyl (C=O) groups excluding carboxylic acids is 1. The van der Waals surface area contributed by atoms with E-state index >= 15 is 0 Å². The van der Waals surface area contributed by atoms with Crippen molar-refractivity contribution < 1.29 is 4.79 Å². The fourth-order valence-electron chi connectivity index (χ4n) is 4.07. The van der Waals surface area contributed by atoms with Gasteiger partial charge >= 0.3 is 6.03 Å². The van der Waals surface area contributed by atoms with E-state index < -0.39 is 0 Å². The van der Waals surface area contributed by atoms with Gasteiger partial charge in [0.1, 0.15) is 5.82 Å². The number of rotatable bonds is 6. The molecule has 2 heterocycles. The summed E-state index contributed by atoms with van der Waals surface area (Å²) in [5.74, 6) is 0.971. The van der Waals surface area contributed by atoms with E-state index in [1.807, 2.05) is 25.1 Å². The van der Waals surface area contributed by atoms with Crippen LogP contribution in [-0.2, 0) is 13.1 Å². The minimum Gasteiger partial charge on any atom is -0.336 e. The molecule has 2 N–H and O–H groups in total. The van der Waals surface area contributed by atoms with Crippen molar-refractivity contribution in [3.05, 3.63) is 66.0 Å². The maximum absolute atomic E-state index is 12.3. The predicted octanol–water partition coefficient (Wildman–Crippen LogP) is 3.31. The van der Waals surface area contributed by atoms with Crippen molar-refractivity contribution in [2.24, 2.45) is 0 Å². The van der Waals surface area contributed by atoms with Gasteiger partial charge in [-0.15, -0.1) is 0 Å². The number of nitrogens with zero attached hydrogens (tertiary/aromatic N) is 3. The van der Waals surface area contributed by atoms with Crippen molar-refractivity contribution in [2.45, 2.75) is 38.9 Å². The van der Waals surface area contributed by atoms with Gasteiger partial charge in [0.05, 0.1) is 11.0 Å². The highest BCUT2D eigenvalue weighted by molar-refractivity contribution is 5.76. The maximum Gasteiger partial charge on any atom is 0.315 e. The molecule has 1 aromatic heterocycles. The van der Waals surface area contributed by atoms with Crippen LogP contribution >= 0.6 is 0 Å². The van der Waals surface area contributed by atoms with Crippen LogP contribution in [0.2, 0.25) is 0 Å². The fourth-order valence-corrected chi connectivity index (χ4v) is 4.07. The molecule has 3 aromatic rings. The van der Waals surface area contributed by atoms with Crippen LogP contribution in [0, 0.1) is 6.92 Å². The van der Waals surface area contributed by atoms with Gasteiger partial charge in [-0.2, -0.15) is 0 Å². The summed E-state index contributed by atoms with van der Waals surface area (Å²) in [5, 5.41) is 6.13. The SMILES string of the molecule is Cc1nc2ccccc2n1CCNC(=O)NC1CCN(Cc2ccccc2)CC1. The lowest BCUT2D eigenvalue weighted by molar-refractivity contribution is 0.186. The van der Waals surface area contributed by atoms with E-state index in [9.17, 15) is 4.79 Å². The number of urea groups is 1. The number of imidazole rings is 1. The molecule has 1 aliphatic rings. The number of hydrogen-bond acceptors (Lipinski definition) is 3. The van der Waals surface area contributed by atoms with E-state index in [1.165, 1.54) is 5.56 Å². The number of aromatic nitrogens is 2. The average molecular weight is 392 g/mol. The van der Waals surface area contributed by atoms with E-state index in [0.29, 0.717) is 6.54 Å². The van der Waals surface area contributed by atoms with Crippen molar-refractivity contribution in [3.8, 4) is 0 Å². The van der Waals surface area contributed by atoms with Gasteiger partial charge in [0.2, 0.25) is 0 Å². The first kappa shape index (κ1) is 19.5. The molecular formula is C23H29N5O. The Morgan fingerprint density at radius 3 is 2.59 bits per heavy atom. The molecule has 2 aromatic carbocycles. The topological polar surface area (TPSA) is 62.2 Å².